The average Bonchev–Trinajstić information content (AvgIpc) is 2.98. The van der Waals surface area contributed by atoms with E-state index in [1.807, 2.05) is 0 Å². The largest absolute Gasteiger partial charge is 0.497 e. The predicted molar refractivity (Wildman–Crippen MR) is 114 cm³/mol. The van der Waals surface area contributed by atoms with E-state index >= 15 is 0 Å². The van der Waals surface area contributed by atoms with Crippen LogP contribution in [0, 0.1) is 11.6 Å². The Morgan fingerprint density at radius 2 is 1.94 bits per heavy atom. The molecule has 1 atom stereocenters. The number of nitrogens with zero attached hydrogens (tertiary/aromatic N) is 2. The minimum absolute atomic E-state index is 0.249. The zero-order chi connectivity index (χ0) is 22.6. The predicted octanol–water partition coefficient (Wildman–Crippen LogP) is 3.46. The maximum atomic E-state index is 13.6. The van der Waals surface area contributed by atoms with Crippen molar-refractivity contribution in [3.63, 3.8) is 0 Å². The summed E-state index contributed by atoms with van der Waals surface area (Å²) in [5.41, 5.74) is 1.31. The number of urea groups is 1. The van der Waals surface area contributed by atoms with Crippen molar-refractivity contribution >= 4 is 11.7 Å². The number of amides is 2. The summed E-state index contributed by atoms with van der Waals surface area (Å²) in [4.78, 5) is 16.7. The fraction of sp³-hybridized carbons (Fsp3) is 0.435. The molecule has 2 aromatic carbocycles. The monoisotopic (exact) mass is 447 g/mol. The molecule has 9 heteroatoms. The van der Waals surface area contributed by atoms with E-state index in [4.69, 9.17) is 14.2 Å². The number of carbonyl (C=O) groups excluding carboxylic acids is 1. The molecule has 0 radical (unpaired) electrons. The number of hydrogen-bond donors (Lipinski definition) is 1. The van der Waals surface area contributed by atoms with Crippen molar-refractivity contribution < 1.29 is 27.8 Å². The molecule has 1 spiro atoms. The van der Waals surface area contributed by atoms with Crippen molar-refractivity contribution in [1.29, 1.82) is 0 Å². The lowest BCUT2D eigenvalue weighted by Gasteiger charge is -2.43. The molecule has 2 fully saturated rings. The smallest absolute Gasteiger partial charge is 0.322 e. The van der Waals surface area contributed by atoms with Gasteiger partial charge in [-0.15, -0.1) is 0 Å². The first-order valence-electron chi connectivity index (χ1n) is 10.6. The number of methoxy groups -OCH3 is 1. The summed E-state index contributed by atoms with van der Waals surface area (Å²) in [6, 6.07) is 10.8. The van der Waals surface area contributed by atoms with Gasteiger partial charge in [0.25, 0.3) is 0 Å². The highest BCUT2D eigenvalue weighted by Crippen LogP contribution is 2.26. The van der Waals surface area contributed by atoms with Gasteiger partial charge in [0.1, 0.15) is 5.75 Å². The van der Waals surface area contributed by atoms with Crippen molar-refractivity contribution in [2.24, 2.45) is 0 Å². The summed E-state index contributed by atoms with van der Waals surface area (Å²) in [6.07, 6.45) is 0.769. The van der Waals surface area contributed by atoms with Crippen molar-refractivity contribution in [2.75, 3.05) is 51.8 Å². The van der Waals surface area contributed by atoms with Crippen LogP contribution >= 0.6 is 0 Å². The van der Waals surface area contributed by atoms with Gasteiger partial charge < -0.3 is 24.4 Å². The van der Waals surface area contributed by atoms with Gasteiger partial charge in [-0.3, -0.25) is 4.90 Å². The van der Waals surface area contributed by atoms with Crippen molar-refractivity contribution in [2.45, 2.75) is 18.8 Å². The van der Waals surface area contributed by atoms with Gasteiger partial charge in [-0.05, 0) is 36.2 Å². The van der Waals surface area contributed by atoms with Gasteiger partial charge in [-0.1, -0.05) is 12.1 Å². The summed E-state index contributed by atoms with van der Waals surface area (Å²) in [5, 5.41) is 2.89. The van der Waals surface area contributed by atoms with Crippen LogP contribution in [0.2, 0.25) is 0 Å². The third-order valence-corrected chi connectivity index (χ3v) is 5.60. The molecule has 2 aromatic rings. The number of morpholine rings is 1. The lowest BCUT2D eigenvalue weighted by molar-refractivity contribution is -0.260. The van der Waals surface area contributed by atoms with Gasteiger partial charge in [0.15, 0.2) is 17.4 Å². The van der Waals surface area contributed by atoms with Crippen LogP contribution in [0.15, 0.2) is 42.5 Å². The van der Waals surface area contributed by atoms with Crippen LogP contribution < -0.4 is 10.1 Å². The molecule has 0 bridgehead atoms. The van der Waals surface area contributed by atoms with E-state index < -0.39 is 17.4 Å². The molecule has 0 aliphatic carbocycles. The van der Waals surface area contributed by atoms with Gasteiger partial charge in [0.2, 0.25) is 0 Å². The molecule has 0 aromatic heterocycles. The number of ether oxygens (including phenoxy) is 3. The molecule has 1 unspecified atom stereocenters. The van der Waals surface area contributed by atoms with Crippen LogP contribution in [0.5, 0.6) is 5.75 Å². The van der Waals surface area contributed by atoms with E-state index in [0.717, 1.165) is 19.0 Å². The Kier molecular flexibility index (Phi) is 6.88. The standard InChI is InChI=1S/C23H27F2N3O4/c1-30-19-5-2-4-18(13-19)26-22(29)28-9-11-32-23(16-28)15-27(8-3-10-31-23)14-17-6-7-20(24)21(25)12-17/h2,4-7,12-13H,3,8-11,14-16H2,1H3,(H,26,29). The van der Waals surface area contributed by atoms with E-state index in [0.29, 0.717) is 49.8 Å². The number of nitrogens with one attached hydrogen (secondary N) is 1. The molecule has 0 saturated carbocycles. The first-order chi connectivity index (χ1) is 15.5. The Balaban J connectivity index is 1.43. The summed E-state index contributed by atoms with van der Waals surface area (Å²) in [5.74, 6) is -2.05. The average molecular weight is 447 g/mol. The molecule has 2 heterocycles. The number of halogens is 2. The Morgan fingerprint density at radius 1 is 1.09 bits per heavy atom. The van der Waals surface area contributed by atoms with Crippen LogP contribution in [0.25, 0.3) is 0 Å². The molecule has 2 aliphatic heterocycles. The number of anilines is 1. The summed E-state index contributed by atoms with van der Waals surface area (Å²) >= 11 is 0. The second kappa shape index (κ2) is 9.81. The number of rotatable bonds is 4. The third-order valence-electron chi connectivity index (χ3n) is 5.60. The minimum Gasteiger partial charge on any atom is -0.497 e. The quantitative estimate of drug-likeness (QED) is 0.778. The summed E-state index contributed by atoms with van der Waals surface area (Å²) in [6.45, 7) is 3.09. The fourth-order valence-corrected chi connectivity index (χ4v) is 4.06. The van der Waals surface area contributed by atoms with Gasteiger partial charge in [-0.2, -0.15) is 0 Å². The Bertz CT molecular complexity index is 961. The van der Waals surface area contributed by atoms with Crippen molar-refractivity contribution in [3.8, 4) is 5.75 Å². The lowest BCUT2D eigenvalue weighted by Crippen LogP contribution is -2.59. The van der Waals surface area contributed by atoms with Crippen molar-refractivity contribution in [1.82, 2.24) is 9.80 Å². The van der Waals surface area contributed by atoms with Crippen LogP contribution in [0.4, 0.5) is 19.3 Å². The normalized spacial score (nSPS) is 21.9. The Labute approximate surface area is 185 Å². The highest BCUT2D eigenvalue weighted by Gasteiger charge is 2.42. The van der Waals surface area contributed by atoms with Crippen LogP contribution in [-0.4, -0.2) is 68.1 Å². The molecule has 2 saturated heterocycles. The van der Waals surface area contributed by atoms with E-state index in [9.17, 15) is 13.6 Å². The van der Waals surface area contributed by atoms with Crippen molar-refractivity contribution in [3.05, 3.63) is 59.7 Å². The zero-order valence-corrected chi connectivity index (χ0v) is 18.0. The van der Waals surface area contributed by atoms with Gasteiger partial charge in [-0.25, -0.2) is 13.6 Å². The van der Waals surface area contributed by atoms with E-state index in [1.54, 1.807) is 42.3 Å². The highest BCUT2D eigenvalue weighted by molar-refractivity contribution is 5.89. The first kappa shape index (κ1) is 22.4. The summed E-state index contributed by atoms with van der Waals surface area (Å²) < 4.78 is 44.2. The molecule has 7 nitrogen and oxygen atoms in total. The molecule has 2 amide bonds. The first-order valence-corrected chi connectivity index (χ1v) is 10.6. The molecule has 32 heavy (non-hydrogen) atoms. The summed E-state index contributed by atoms with van der Waals surface area (Å²) in [7, 11) is 1.57. The molecule has 4 rings (SSSR count). The van der Waals surface area contributed by atoms with Gasteiger partial charge in [0, 0.05) is 31.4 Å². The third kappa shape index (κ3) is 5.35. The van der Waals surface area contributed by atoms with Gasteiger partial charge >= 0.3 is 6.03 Å². The van der Waals surface area contributed by atoms with E-state index in [2.05, 4.69) is 10.2 Å². The molecule has 1 N–H and O–H groups in total. The minimum atomic E-state index is -0.973. The Hall–Kier alpha value is -2.75. The molecule has 172 valence electrons. The van der Waals surface area contributed by atoms with Crippen LogP contribution in [0.1, 0.15) is 12.0 Å². The van der Waals surface area contributed by atoms with Gasteiger partial charge in [0.05, 0.1) is 33.4 Å². The number of carbonyl (C=O) groups is 1. The fourth-order valence-electron chi connectivity index (χ4n) is 4.06. The van der Waals surface area contributed by atoms with E-state index in [1.165, 1.54) is 6.07 Å². The van der Waals surface area contributed by atoms with E-state index in [-0.39, 0.29) is 12.6 Å². The second-order valence-corrected chi connectivity index (χ2v) is 8.00. The maximum Gasteiger partial charge on any atom is 0.322 e. The zero-order valence-electron chi connectivity index (χ0n) is 18.0. The topological polar surface area (TPSA) is 63.3 Å². The number of hydrogen-bond acceptors (Lipinski definition) is 5. The molecular formula is C23H27F2N3O4. The molecule has 2 aliphatic rings. The maximum absolute atomic E-state index is 13.6. The number of benzene rings is 2. The SMILES string of the molecule is COc1cccc(NC(=O)N2CCOC3(CN(Cc4ccc(F)c(F)c4)CCCO3)C2)c1. The molecular weight excluding hydrogens is 420 g/mol. The lowest BCUT2D eigenvalue weighted by atomic mass is 10.1. The Morgan fingerprint density at radius 3 is 2.75 bits per heavy atom. The second-order valence-electron chi connectivity index (χ2n) is 8.00. The van der Waals surface area contributed by atoms with Crippen LogP contribution in [0.3, 0.4) is 0 Å². The van der Waals surface area contributed by atoms with Crippen LogP contribution in [-0.2, 0) is 16.0 Å². The highest BCUT2D eigenvalue weighted by atomic mass is 19.2.